The number of carboxylic acids is 1. The van der Waals surface area contributed by atoms with Crippen LogP contribution in [0.2, 0.25) is 0 Å². The van der Waals surface area contributed by atoms with Crippen molar-refractivity contribution in [3.63, 3.8) is 0 Å². The van der Waals surface area contributed by atoms with E-state index in [0.717, 1.165) is 6.42 Å². The number of hydrogen-bond acceptors (Lipinski definition) is 4. The average Bonchev–Trinajstić information content (AvgIpc) is 2.17. The smallest absolute Gasteiger partial charge is 0.475 e. The zero-order valence-corrected chi connectivity index (χ0v) is 10.5. The Kier molecular flexibility index (Phi) is 8.37. The first-order chi connectivity index (χ1) is 7.99. The van der Waals surface area contributed by atoms with E-state index in [2.05, 4.69) is 0 Å². The number of halogens is 3. The van der Waals surface area contributed by atoms with Gasteiger partial charge in [-0.1, -0.05) is 13.3 Å². The molecule has 0 fully saturated rings. The Balaban J connectivity index is 0. The second-order valence-electron chi connectivity index (χ2n) is 3.69. The van der Waals surface area contributed by atoms with Gasteiger partial charge in [0.2, 0.25) is 0 Å². The third-order valence-corrected chi connectivity index (χ3v) is 1.75. The van der Waals surface area contributed by atoms with Gasteiger partial charge < -0.3 is 15.6 Å². The summed E-state index contributed by atoms with van der Waals surface area (Å²) in [6.07, 6.45) is -3.52. The van der Waals surface area contributed by atoms with Crippen LogP contribution in [-0.2, 0) is 14.3 Å². The molecule has 5 nitrogen and oxygen atoms in total. The third-order valence-electron chi connectivity index (χ3n) is 1.75. The number of esters is 1. The number of carboxylic acid groups (broad SMARTS) is 1. The van der Waals surface area contributed by atoms with E-state index >= 15 is 0 Å². The van der Waals surface area contributed by atoms with Crippen LogP contribution in [0.25, 0.3) is 0 Å². The highest BCUT2D eigenvalue weighted by molar-refractivity contribution is 5.79. The Morgan fingerprint density at radius 3 is 1.89 bits per heavy atom. The quantitative estimate of drug-likeness (QED) is 0.761. The van der Waals surface area contributed by atoms with Crippen LogP contribution >= 0.6 is 0 Å². The van der Waals surface area contributed by atoms with Gasteiger partial charge in [-0.15, -0.1) is 0 Å². The summed E-state index contributed by atoms with van der Waals surface area (Å²) < 4.78 is 36.5. The van der Waals surface area contributed by atoms with Crippen molar-refractivity contribution >= 4 is 11.9 Å². The molecule has 0 aliphatic carbocycles. The van der Waals surface area contributed by atoms with Gasteiger partial charge in [0.15, 0.2) is 0 Å². The predicted molar refractivity (Wildman–Crippen MR) is 57.8 cm³/mol. The summed E-state index contributed by atoms with van der Waals surface area (Å²) >= 11 is 0. The maximum absolute atomic E-state index is 11.1. The van der Waals surface area contributed by atoms with E-state index in [1.54, 1.807) is 13.8 Å². The lowest BCUT2D eigenvalue weighted by molar-refractivity contribution is -0.192. The summed E-state index contributed by atoms with van der Waals surface area (Å²) in [5, 5.41) is 7.12. The largest absolute Gasteiger partial charge is 0.490 e. The summed E-state index contributed by atoms with van der Waals surface area (Å²) in [6, 6.07) is 0. The van der Waals surface area contributed by atoms with Gasteiger partial charge in [0.05, 0.1) is 6.61 Å². The van der Waals surface area contributed by atoms with Crippen LogP contribution in [0.1, 0.15) is 33.6 Å². The molecule has 0 saturated carbocycles. The molecule has 0 aliphatic heterocycles. The van der Waals surface area contributed by atoms with Crippen LogP contribution in [0.15, 0.2) is 0 Å². The number of nitrogens with two attached hydrogens (primary N) is 1. The molecule has 0 rings (SSSR count). The van der Waals surface area contributed by atoms with E-state index in [1.165, 1.54) is 0 Å². The molecule has 18 heavy (non-hydrogen) atoms. The highest BCUT2D eigenvalue weighted by Gasteiger charge is 2.38. The molecule has 0 aliphatic rings. The number of hydrogen-bond donors (Lipinski definition) is 2. The van der Waals surface area contributed by atoms with Crippen molar-refractivity contribution in [2.75, 3.05) is 6.61 Å². The summed E-state index contributed by atoms with van der Waals surface area (Å²) in [5.41, 5.74) is 4.88. The highest BCUT2D eigenvalue weighted by atomic mass is 19.4. The number of alkyl halides is 3. The number of rotatable bonds is 4. The van der Waals surface area contributed by atoms with Gasteiger partial charge in [-0.2, -0.15) is 13.2 Å². The van der Waals surface area contributed by atoms with E-state index in [4.69, 9.17) is 20.4 Å². The number of carbonyl (C=O) groups is 2. The molecule has 0 aromatic heterocycles. The van der Waals surface area contributed by atoms with Crippen molar-refractivity contribution in [1.82, 2.24) is 0 Å². The van der Waals surface area contributed by atoms with Crippen molar-refractivity contribution in [2.24, 2.45) is 5.73 Å². The highest BCUT2D eigenvalue weighted by Crippen LogP contribution is 2.13. The van der Waals surface area contributed by atoms with Crippen molar-refractivity contribution in [2.45, 2.75) is 45.3 Å². The zero-order valence-electron chi connectivity index (χ0n) is 10.5. The molecule has 0 bridgehead atoms. The van der Waals surface area contributed by atoms with Gasteiger partial charge in [0, 0.05) is 0 Å². The Morgan fingerprint density at radius 2 is 1.67 bits per heavy atom. The van der Waals surface area contributed by atoms with Crippen LogP contribution < -0.4 is 5.73 Å². The van der Waals surface area contributed by atoms with E-state index < -0.39 is 17.7 Å². The minimum atomic E-state index is -5.08. The number of aliphatic carboxylic acids is 1. The van der Waals surface area contributed by atoms with Crippen molar-refractivity contribution in [3.8, 4) is 0 Å². The first-order valence-electron chi connectivity index (χ1n) is 5.25. The van der Waals surface area contributed by atoms with Gasteiger partial charge in [0.25, 0.3) is 0 Å². The Morgan fingerprint density at radius 1 is 1.28 bits per heavy atom. The molecule has 0 amide bonds. The number of carbonyl (C=O) groups excluding carboxylic acids is 1. The fourth-order valence-electron chi connectivity index (χ4n) is 0.917. The molecule has 3 N–H and O–H groups in total. The minimum absolute atomic E-state index is 0.304. The Bertz CT molecular complexity index is 277. The van der Waals surface area contributed by atoms with Crippen LogP contribution in [0.5, 0.6) is 0 Å². The lowest BCUT2D eigenvalue weighted by atomic mass is 9.98. The topological polar surface area (TPSA) is 89.6 Å². The van der Waals surface area contributed by atoms with Gasteiger partial charge in [-0.3, -0.25) is 4.79 Å². The maximum Gasteiger partial charge on any atom is 0.490 e. The summed E-state index contributed by atoms with van der Waals surface area (Å²) in [5.74, 6) is -3.06. The summed E-state index contributed by atoms with van der Waals surface area (Å²) in [6.45, 7) is 5.87. The normalized spacial score (nSPS) is 13.9. The molecular formula is C10H18F3NO4. The predicted octanol–water partition coefficient (Wildman–Crippen LogP) is 1.70. The van der Waals surface area contributed by atoms with Crippen molar-refractivity contribution in [3.05, 3.63) is 0 Å². The molecule has 1 atom stereocenters. The second kappa shape index (κ2) is 7.91. The zero-order chi connectivity index (χ0) is 15.0. The Labute approximate surface area is 103 Å². The van der Waals surface area contributed by atoms with E-state index in [1.807, 2.05) is 6.92 Å². The number of ether oxygens (including phenoxy) is 1. The fourth-order valence-corrected chi connectivity index (χ4v) is 0.917. The molecule has 0 aromatic rings. The molecule has 0 radical (unpaired) electrons. The molecule has 0 spiro atoms. The molecule has 0 saturated heterocycles. The maximum atomic E-state index is 11.1. The second-order valence-corrected chi connectivity index (χ2v) is 3.69. The first kappa shape index (κ1) is 19.0. The first-order valence-corrected chi connectivity index (χ1v) is 5.25. The van der Waals surface area contributed by atoms with Gasteiger partial charge >= 0.3 is 18.1 Å². The molecule has 0 heterocycles. The summed E-state index contributed by atoms with van der Waals surface area (Å²) in [4.78, 5) is 20.0. The van der Waals surface area contributed by atoms with Crippen molar-refractivity contribution < 1.29 is 32.6 Å². The van der Waals surface area contributed by atoms with Gasteiger partial charge in [-0.05, 0) is 20.3 Å². The minimum Gasteiger partial charge on any atom is -0.475 e. The molecule has 0 aromatic carbocycles. The molecule has 1 unspecified atom stereocenters. The SMILES string of the molecule is CCCC(C)(N)C(=O)OCC.O=C(O)C(F)(F)F. The van der Waals surface area contributed by atoms with E-state index in [0.29, 0.717) is 13.0 Å². The van der Waals surface area contributed by atoms with Crippen LogP contribution in [0.3, 0.4) is 0 Å². The van der Waals surface area contributed by atoms with E-state index in [-0.39, 0.29) is 5.97 Å². The molecule has 108 valence electrons. The molecular weight excluding hydrogens is 255 g/mol. The third kappa shape index (κ3) is 8.80. The average molecular weight is 273 g/mol. The van der Waals surface area contributed by atoms with Crippen LogP contribution in [-0.4, -0.2) is 35.4 Å². The summed E-state index contributed by atoms with van der Waals surface area (Å²) in [7, 11) is 0. The van der Waals surface area contributed by atoms with Crippen LogP contribution in [0, 0.1) is 0 Å². The standard InChI is InChI=1S/C8H17NO2.C2HF3O2/c1-4-6-8(3,9)7(10)11-5-2;3-2(4,5)1(6)7/h4-6,9H2,1-3H3;(H,6,7). The van der Waals surface area contributed by atoms with Gasteiger partial charge in [-0.25, -0.2) is 4.79 Å². The lowest BCUT2D eigenvalue weighted by Crippen LogP contribution is -2.45. The lowest BCUT2D eigenvalue weighted by Gasteiger charge is -2.20. The molecule has 8 heteroatoms. The Hall–Kier alpha value is -1.31. The van der Waals surface area contributed by atoms with Crippen LogP contribution in [0.4, 0.5) is 13.2 Å². The fraction of sp³-hybridized carbons (Fsp3) is 0.800. The van der Waals surface area contributed by atoms with E-state index in [9.17, 15) is 18.0 Å². The monoisotopic (exact) mass is 273 g/mol. The van der Waals surface area contributed by atoms with Crippen molar-refractivity contribution in [1.29, 1.82) is 0 Å². The van der Waals surface area contributed by atoms with Gasteiger partial charge in [0.1, 0.15) is 5.54 Å².